The molecular formula is C21H31N5O3. The molecule has 1 saturated heterocycles. The lowest BCUT2D eigenvalue weighted by Gasteiger charge is -2.26. The summed E-state index contributed by atoms with van der Waals surface area (Å²) in [5, 5.41) is 2.66. The van der Waals surface area contributed by atoms with Gasteiger partial charge in [-0.05, 0) is 44.0 Å². The number of benzene rings is 1. The molecule has 3 rings (SSSR count). The normalized spacial score (nSPS) is 17.2. The van der Waals surface area contributed by atoms with Crippen molar-refractivity contribution in [3.63, 3.8) is 0 Å². The number of primary amides is 1. The number of nitrogens with two attached hydrogens (primary N) is 1. The summed E-state index contributed by atoms with van der Waals surface area (Å²) in [6, 6.07) is 5.79. The molecule has 1 aliphatic rings. The SMILES string of the molecule is CC[C@H](C)[C@H](NC(=O)n1c(=O)n(CCN2CCCCC2)c2ccccc21)C(N)=O. The van der Waals surface area contributed by atoms with Gasteiger partial charge in [-0.3, -0.25) is 9.36 Å². The number of amides is 2. The summed E-state index contributed by atoms with van der Waals surface area (Å²) in [6.45, 7) is 7.15. The number of carbonyl (C=O) groups is 2. The molecule has 8 nitrogen and oxygen atoms in total. The fourth-order valence-electron chi connectivity index (χ4n) is 3.97. The molecule has 2 aromatic rings. The zero-order valence-corrected chi connectivity index (χ0v) is 17.3. The summed E-state index contributed by atoms with van der Waals surface area (Å²) >= 11 is 0. The maximum atomic E-state index is 13.1. The number of imidazole rings is 1. The maximum Gasteiger partial charge on any atom is 0.337 e. The Morgan fingerprint density at radius 1 is 1.10 bits per heavy atom. The number of aromatic nitrogens is 2. The van der Waals surface area contributed by atoms with E-state index in [1.54, 1.807) is 16.7 Å². The highest BCUT2D eigenvalue weighted by Crippen LogP contribution is 2.15. The molecule has 3 N–H and O–H groups in total. The van der Waals surface area contributed by atoms with E-state index in [-0.39, 0.29) is 5.92 Å². The fourth-order valence-corrected chi connectivity index (χ4v) is 3.97. The molecule has 1 aromatic carbocycles. The van der Waals surface area contributed by atoms with Crippen molar-refractivity contribution in [2.24, 2.45) is 11.7 Å². The number of hydrogen-bond acceptors (Lipinski definition) is 4. The van der Waals surface area contributed by atoms with Crippen molar-refractivity contribution >= 4 is 23.0 Å². The first-order valence-electron chi connectivity index (χ1n) is 10.5. The van der Waals surface area contributed by atoms with Gasteiger partial charge in [0.15, 0.2) is 0 Å². The summed E-state index contributed by atoms with van der Waals surface area (Å²) in [5.74, 6) is -0.728. The number of carbonyl (C=O) groups excluding carboxylic acids is 2. The van der Waals surface area contributed by atoms with Crippen LogP contribution in [0, 0.1) is 5.92 Å². The Hall–Kier alpha value is -2.61. The topological polar surface area (TPSA) is 102 Å². The van der Waals surface area contributed by atoms with Crippen LogP contribution in [0.2, 0.25) is 0 Å². The highest BCUT2D eigenvalue weighted by atomic mass is 16.2. The van der Waals surface area contributed by atoms with Gasteiger partial charge in [-0.25, -0.2) is 14.2 Å². The molecule has 0 spiro atoms. The van der Waals surface area contributed by atoms with E-state index in [1.807, 2.05) is 26.0 Å². The van der Waals surface area contributed by atoms with Crippen molar-refractivity contribution < 1.29 is 9.59 Å². The standard InChI is InChI=1S/C21H31N5O3/c1-3-15(2)18(19(22)27)23-20(28)26-17-10-6-5-9-16(17)25(21(26)29)14-13-24-11-7-4-8-12-24/h5-6,9-10,15,18H,3-4,7-8,11-14H2,1-2H3,(H2,22,27)(H,23,28)/t15-,18-/m0/s1. The van der Waals surface area contributed by atoms with Gasteiger partial charge in [0.1, 0.15) is 6.04 Å². The minimum atomic E-state index is -0.824. The molecule has 0 aliphatic carbocycles. The highest BCUT2D eigenvalue weighted by Gasteiger charge is 2.26. The number of rotatable bonds is 7. The summed E-state index contributed by atoms with van der Waals surface area (Å²) in [6.07, 6.45) is 4.31. The zero-order valence-electron chi connectivity index (χ0n) is 17.3. The van der Waals surface area contributed by atoms with Crippen molar-refractivity contribution in [2.75, 3.05) is 19.6 Å². The summed E-state index contributed by atoms with van der Waals surface area (Å²) in [5.41, 5.74) is 6.32. The number of fused-ring (bicyclic) bond motifs is 1. The van der Waals surface area contributed by atoms with Crippen LogP contribution in [-0.2, 0) is 11.3 Å². The molecular weight excluding hydrogens is 370 g/mol. The number of nitrogens with one attached hydrogen (secondary N) is 1. The van der Waals surface area contributed by atoms with Crippen molar-refractivity contribution in [3.8, 4) is 0 Å². The molecule has 0 radical (unpaired) electrons. The van der Waals surface area contributed by atoms with Crippen molar-refractivity contribution in [3.05, 3.63) is 34.7 Å². The predicted octanol–water partition coefficient (Wildman–Crippen LogP) is 1.75. The number of likely N-dealkylation sites (tertiary alicyclic amines) is 1. The lowest BCUT2D eigenvalue weighted by Crippen LogP contribution is -2.51. The quantitative estimate of drug-likeness (QED) is 0.738. The largest absolute Gasteiger partial charge is 0.368 e. The number of nitrogens with zero attached hydrogens (tertiary/aromatic N) is 3. The molecule has 158 valence electrons. The summed E-state index contributed by atoms with van der Waals surface area (Å²) in [4.78, 5) is 40.2. The van der Waals surface area contributed by atoms with Crippen LogP contribution in [0.3, 0.4) is 0 Å². The molecule has 8 heteroatoms. The minimum Gasteiger partial charge on any atom is -0.368 e. The van der Waals surface area contributed by atoms with Crippen LogP contribution in [0.5, 0.6) is 0 Å². The Kier molecular flexibility index (Phi) is 6.74. The molecule has 1 fully saturated rings. The van der Waals surface area contributed by atoms with Crippen LogP contribution >= 0.6 is 0 Å². The summed E-state index contributed by atoms with van der Waals surface area (Å²) in [7, 11) is 0. The van der Waals surface area contributed by atoms with E-state index in [0.29, 0.717) is 24.0 Å². The number of piperidine rings is 1. The van der Waals surface area contributed by atoms with Crippen LogP contribution < -0.4 is 16.7 Å². The smallest absolute Gasteiger partial charge is 0.337 e. The molecule has 0 saturated carbocycles. The molecule has 2 heterocycles. The maximum absolute atomic E-state index is 13.1. The van der Waals surface area contributed by atoms with Gasteiger partial charge >= 0.3 is 11.7 Å². The van der Waals surface area contributed by atoms with E-state index in [0.717, 1.165) is 24.2 Å². The lowest BCUT2D eigenvalue weighted by atomic mass is 9.99. The first-order chi connectivity index (χ1) is 13.9. The minimum absolute atomic E-state index is 0.125. The Balaban J connectivity index is 1.89. The van der Waals surface area contributed by atoms with Gasteiger partial charge in [-0.2, -0.15) is 0 Å². The molecule has 0 bridgehead atoms. The molecule has 0 unspecified atom stereocenters. The molecule has 2 amide bonds. The Bertz CT molecular complexity index is 926. The zero-order chi connectivity index (χ0) is 21.0. The number of para-hydroxylation sites is 2. The second-order valence-electron chi connectivity index (χ2n) is 7.88. The van der Waals surface area contributed by atoms with Crippen LogP contribution in [0.25, 0.3) is 11.0 Å². The second kappa shape index (κ2) is 9.26. The van der Waals surface area contributed by atoms with Crippen LogP contribution in [0.15, 0.2) is 29.1 Å². The van der Waals surface area contributed by atoms with E-state index in [1.165, 1.54) is 19.3 Å². The average Bonchev–Trinajstić information content (AvgIpc) is 3.01. The van der Waals surface area contributed by atoms with Gasteiger partial charge < -0.3 is 16.0 Å². The Morgan fingerprint density at radius 3 is 2.38 bits per heavy atom. The molecule has 1 aliphatic heterocycles. The lowest BCUT2D eigenvalue weighted by molar-refractivity contribution is -0.120. The van der Waals surface area contributed by atoms with Gasteiger partial charge in [0.25, 0.3) is 0 Å². The number of hydrogen-bond donors (Lipinski definition) is 2. The Morgan fingerprint density at radius 2 is 1.76 bits per heavy atom. The highest BCUT2D eigenvalue weighted by molar-refractivity contribution is 5.92. The first-order valence-corrected chi connectivity index (χ1v) is 10.5. The molecule has 2 atom stereocenters. The van der Waals surface area contributed by atoms with E-state index < -0.39 is 23.7 Å². The third-order valence-electron chi connectivity index (χ3n) is 5.93. The van der Waals surface area contributed by atoms with Crippen LogP contribution in [-0.4, -0.2) is 51.6 Å². The van der Waals surface area contributed by atoms with Gasteiger partial charge in [-0.1, -0.05) is 38.8 Å². The summed E-state index contributed by atoms with van der Waals surface area (Å²) < 4.78 is 2.76. The molecule has 29 heavy (non-hydrogen) atoms. The fraction of sp³-hybridized carbons (Fsp3) is 0.571. The van der Waals surface area contributed by atoms with Crippen molar-refractivity contribution in [1.82, 2.24) is 19.4 Å². The van der Waals surface area contributed by atoms with E-state index in [4.69, 9.17) is 5.73 Å². The average molecular weight is 402 g/mol. The van der Waals surface area contributed by atoms with E-state index >= 15 is 0 Å². The van der Waals surface area contributed by atoms with Crippen LogP contribution in [0.1, 0.15) is 39.5 Å². The Labute approximate surface area is 170 Å². The van der Waals surface area contributed by atoms with Crippen molar-refractivity contribution in [2.45, 2.75) is 52.1 Å². The third-order valence-corrected chi connectivity index (χ3v) is 5.93. The van der Waals surface area contributed by atoms with Gasteiger partial charge in [0.05, 0.1) is 11.0 Å². The third kappa shape index (κ3) is 4.53. The van der Waals surface area contributed by atoms with E-state index in [9.17, 15) is 14.4 Å². The van der Waals surface area contributed by atoms with Crippen LogP contribution in [0.4, 0.5) is 4.79 Å². The first kappa shape index (κ1) is 21.1. The monoisotopic (exact) mass is 401 g/mol. The second-order valence-corrected chi connectivity index (χ2v) is 7.88. The van der Waals surface area contributed by atoms with Gasteiger partial charge in [0.2, 0.25) is 5.91 Å². The predicted molar refractivity (Wildman–Crippen MR) is 113 cm³/mol. The van der Waals surface area contributed by atoms with Gasteiger partial charge in [-0.15, -0.1) is 0 Å². The van der Waals surface area contributed by atoms with Gasteiger partial charge in [0, 0.05) is 13.1 Å². The molecule has 1 aromatic heterocycles. The van der Waals surface area contributed by atoms with E-state index in [2.05, 4.69) is 10.2 Å². The van der Waals surface area contributed by atoms with Crippen molar-refractivity contribution in [1.29, 1.82) is 0 Å².